The van der Waals surface area contributed by atoms with E-state index in [1.165, 1.54) is 24.3 Å². The van der Waals surface area contributed by atoms with E-state index in [9.17, 15) is 8.78 Å². The lowest BCUT2D eigenvalue weighted by Gasteiger charge is -2.37. The molecule has 1 aromatic rings. The molecule has 0 spiro atoms. The molecule has 0 bridgehead atoms. The van der Waals surface area contributed by atoms with Gasteiger partial charge in [0, 0.05) is 45.3 Å². The average Bonchev–Trinajstić information content (AvgIpc) is 2.63. The van der Waals surface area contributed by atoms with Crippen molar-refractivity contribution in [2.75, 3.05) is 56.2 Å². The molecule has 0 unspecified atom stereocenters. The minimum Gasteiger partial charge on any atom is -0.366 e. The molecule has 1 aliphatic rings. The molecule has 148 valence electrons. The van der Waals surface area contributed by atoms with Gasteiger partial charge >= 0.3 is 0 Å². The van der Waals surface area contributed by atoms with Crippen LogP contribution in [0.4, 0.5) is 14.5 Å². The number of hydrogen-bond acceptors (Lipinski definition) is 3. The van der Waals surface area contributed by atoms with Crippen LogP contribution in [-0.2, 0) is 0 Å². The van der Waals surface area contributed by atoms with Gasteiger partial charge in [-0.15, -0.1) is 24.0 Å². The second kappa shape index (κ2) is 12.6. The normalized spacial score (nSPS) is 15.0. The monoisotopic (exact) mass is 498 g/mol. The largest absolute Gasteiger partial charge is 0.366 e. The lowest BCUT2D eigenvalue weighted by molar-refractivity contribution is 0.370. The predicted octanol–water partition coefficient (Wildman–Crippen LogP) is 3.81. The quantitative estimate of drug-likeness (QED) is 0.268. The van der Waals surface area contributed by atoms with Gasteiger partial charge in [-0.05, 0) is 43.9 Å². The number of thioether (sulfide) groups is 1. The summed E-state index contributed by atoms with van der Waals surface area (Å²) in [6.07, 6.45) is 4.38. The summed E-state index contributed by atoms with van der Waals surface area (Å²) >= 11 is 1.86. The van der Waals surface area contributed by atoms with Gasteiger partial charge in [0.1, 0.15) is 11.6 Å². The smallest absolute Gasteiger partial charge is 0.194 e. The zero-order chi connectivity index (χ0) is 18.1. The Morgan fingerprint density at radius 3 is 2.58 bits per heavy atom. The standard InChI is InChI=1S/C18H28F2N4S.HI/c1-3-21-18(22-8-4-5-13-25-2)24-11-9-23(10-12-24)17-14-15(19)6-7-16(17)20;/h6-7,14H,3-5,8-13H2,1-2H3,(H,21,22);1H. The number of nitrogens with zero attached hydrogens (tertiary/aromatic N) is 3. The number of guanidine groups is 1. The predicted molar refractivity (Wildman–Crippen MR) is 119 cm³/mol. The molecule has 1 N–H and O–H groups in total. The first kappa shape index (κ1) is 23.3. The Bertz CT molecular complexity index is 566. The van der Waals surface area contributed by atoms with Gasteiger partial charge in [0.2, 0.25) is 0 Å². The third-order valence-electron chi connectivity index (χ3n) is 4.18. The van der Waals surface area contributed by atoms with Crippen molar-refractivity contribution in [2.45, 2.75) is 19.8 Å². The fourth-order valence-corrected chi connectivity index (χ4v) is 3.35. The zero-order valence-electron chi connectivity index (χ0n) is 15.5. The second-order valence-electron chi connectivity index (χ2n) is 6.01. The van der Waals surface area contributed by atoms with Crippen molar-refractivity contribution in [1.29, 1.82) is 0 Å². The number of benzene rings is 1. The van der Waals surface area contributed by atoms with E-state index in [4.69, 9.17) is 4.99 Å². The highest BCUT2D eigenvalue weighted by Crippen LogP contribution is 2.21. The molecule has 0 aromatic heterocycles. The van der Waals surface area contributed by atoms with Gasteiger partial charge in [0.05, 0.1) is 5.69 Å². The first-order chi connectivity index (χ1) is 12.2. The first-order valence-corrected chi connectivity index (χ1v) is 10.3. The Balaban J connectivity index is 0.00000338. The highest BCUT2D eigenvalue weighted by molar-refractivity contribution is 14.0. The molecule has 4 nitrogen and oxygen atoms in total. The van der Waals surface area contributed by atoms with Crippen molar-refractivity contribution in [1.82, 2.24) is 10.2 Å². The molecule has 1 aromatic carbocycles. The maximum absolute atomic E-state index is 13.9. The molecule has 1 fully saturated rings. The summed E-state index contributed by atoms with van der Waals surface area (Å²) < 4.78 is 27.3. The highest BCUT2D eigenvalue weighted by Gasteiger charge is 2.21. The van der Waals surface area contributed by atoms with Gasteiger partial charge in [-0.3, -0.25) is 4.99 Å². The van der Waals surface area contributed by atoms with Crippen molar-refractivity contribution < 1.29 is 8.78 Å². The molecule has 1 saturated heterocycles. The fourth-order valence-electron chi connectivity index (χ4n) is 2.86. The molecule has 0 radical (unpaired) electrons. The van der Waals surface area contributed by atoms with Crippen LogP contribution in [0.5, 0.6) is 0 Å². The summed E-state index contributed by atoms with van der Waals surface area (Å²) in [5.74, 6) is 1.32. The molecule has 1 aliphatic heterocycles. The molecule has 2 rings (SSSR count). The van der Waals surface area contributed by atoms with Crippen molar-refractivity contribution in [2.24, 2.45) is 4.99 Å². The highest BCUT2D eigenvalue weighted by atomic mass is 127. The number of anilines is 1. The zero-order valence-corrected chi connectivity index (χ0v) is 18.7. The number of hydrogen-bond donors (Lipinski definition) is 1. The van der Waals surface area contributed by atoms with E-state index in [0.717, 1.165) is 44.6 Å². The number of piperazine rings is 1. The van der Waals surface area contributed by atoms with Gasteiger partial charge in [-0.1, -0.05) is 0 Å². The molecule has 1 heterocycles. The third kappa shape index (κ3) is 7.09. The minimum atomic E-state index is -0.404. The molecule has 0 saturated carbocycles. The number of unbranched alkanes of at least 4 members (excludes halogenated alkanes) is 1. The van der Waals surface area contributed by atoms with Gasteiger partial charge < -0.3 is 15.1 Å². The Morgan fingerprint density at radius 1 is 1.19 bits per heavy atom. The van der Waals surface area contributed by atoms with Crippen LogP contribution in [-0.4, -0.2) is 62.1 Å². The maximum Gasteiger partial charge on any atom is 0.194 e. The van der Waals surface area contributed by atoms with Crippen LogP contribution in [0.3, 0.4) is 0 Å². The van der Waals surface area contributed by atoms with Crippen molar-refractivity contribution in [3.63, 3.8) is 0 Å². The average molecular weight is 498 g/mol. The van der Waals surface area contributed by atoms with E-state index in [1.807, 2.05) is 16.7 Å². The van der Waals surface area contributed by atoms with Gasteiger partial charge in [-0.2, -0.15) is 11.8 Å². The van der Waals surface area contributed by atoms with Crippen LogP contribution < -0.4 is 10.2 Å². The number of halogens is 3. The first-order valence-electron chi connectivity index (χ1n) is 8.88. The molecule has 0 atom stereocenters. The Kier molecular flexibility index (Phi) is 11.3. The maximum atomic E-state index is 13.9. The van der Waals surface area contributed by atoms with Crippen molar-refractivity contribution in [3.8, 4) is 0 Å². The molecular formula is C18H29F2IN4S. The molecular weight excluding hydrogens is 469 g/mol. The topological polar surface area (TPSA) is 30.9 Å². The third-order valence-corrected chi connectivity index (χ3v) is 4.88. The summed E-state index contributed by atoms with van der Waals surface area (Å²) in [5.41, 5.74) is 0.346. The summed E-state index contributed by atoms with van der Waals surface area (Å²) in [5, 5.41) is 3.34. The number of rotatable bonds is 7. The van der Waals surface area contributed by atoms with Crippen molar-refractivity contribution >= 4 is 47.4 Å². The van der Waals surface area contributed by atoms with Crippen LogP contribution in [0.25, 0.3) is 0 Å². The van der Waals surface area contributed by atoms with Crippen molar-refractivity contribution in [3.05, 3.63) is 29.8 Å². The summed E-state index contributed by atoms with van der Waals surface area (Å²) in [6.45, 7) is 6.49. The number of nitrogens with one attached hydrogen (secondary N) is 1. The summed E-state index contributed by atoms with van der Waals surface area (Å²) in [4.78, 5) is 8.81. The molecule has 0 amide bonds. The lowest BCUT2D eigenvalue weighted by Crippen LogP contribution is -2.52. The van der Waals surface area contributed by atoms with Crippen LogP contribution in [0.15, 0.2) is 23.2 Å². The van der Waals surface area contributed by atoms with Crippen LogP contribution in [0.1, 0.15) is 19.8 Å². The van der Waals surface area contributed by atoms with E-state index in [1.54, 1.807) is 0 Å². The summed E-state index contributed by atoms with van der Waals surface area (Å²) in [6, 6.07) is 3.62. The number of aliphatic imine (C=N–C) groups is 1. The second-order valence-corrected chi connectivity index (χ2v) is 6.99. The Labute approximate surface area is 176 Å². The fraction of sp³-hybridized carbons (Fsp3) is 0.611. The van der Waals surface area contributed by atoms with Crippen LogP contribution in [0, 0.1) is 11.6 Å². The van der Waals surface area contributed by atoms with E-state index in [2.05, 4.69) is 23.4 Å². The summed E-state index contributed by atoms with van der Waals surface area (Å²) in [7, 11) is 0. The van der Waals surface area contributed by atoms with E-state index >= 15 is 0 Å². The van der Waals surface area contributed by atoms with Gasteiger partial charge in [0.25, 0.3) is 0 Å². The van der Waals surface area contributed by atoms with E-state index in [-0.39, 0.29) is 29.8 Å². The van der Waals surface area contributed by atoms with E-state index in [0.29, 0.717) is 18.8 Å². The lowest BCUT2D eigenvalue weighted by atomic mass is 10.2. The van der Waals surface area contributed by atoms with Crippen LogP contribution in [0.2, 0.25) is 0 Å². The minimum absolute atomic E-state index is 0. The van der Waals surface area contributed by atoms with Gasteiger partial charge in [-0.25, -0.2) is 8.78 Å². The molecule has 8 heteroatoms. The SMILES string of the molecule is CCNC(=NCCCCSC)N1CCN(c2cc(F)ccc2F)CC1.I. The van der Waals surface area contributed by atoms with E-state index < -0.39 is 5.82 Å². The molecule has 26 heavy (non-hydrogen) atoms. The van der Waals surface area contributed by atoms with Crippen LogP contribution >= 0.6 is 35.7 Å². The Hall–Kier alpha value is -0.770. The van der Waals surface area contributed by atoms with Gasteiger partial charge in [0.15, 0.2) is 5.96 Å². The Morgan fingerprint density at radius 2 is 1.92 bits per heavy atom. The molecule has 0 aliphatic carbocycles.